The van der Waals surface area contributed by atoms with Gasteiger partial charge in [0.1, 0.15) is 0 Å². The van der Waals surface area contributed by atoms with Crippen molar-refractivity contribution < 1.29 is 4.74 Å². The number of benzene rings is 1. The maximum atomic E-state index is 6.05. The number of rotatable bonds is 5. The van der Waals surface area contributed by atoms with Crippen molar-refractivity contribution in [2.45, 2.75) is 19.4 Å². The maximum absolute atomic E-state index is 6.05. The van der Waals surface area contributed by atoms with E-state index in [1.807, 2.05) is 18.2 Å². The highest BCUT2D eigenvalue weighted by Crippen LogP contribution is 2.32. The highest BCUT2D eigenvalue weighted by Gasteiger charge is 2.29. The molecule has 17 heavy (non-hydrogen) atoms. The van der Waals surface area contributed by atoms with Crippen LogP contribution >= 0.6 is 23.2 Å². The second-order valence-electron chi connectivity index (χ2n) is 4.38. The van der Waals surface area contributed by atoms with Crippen LogP contribution in [0.25, 0.3) is 0 Å². The summed E-state index contributed by atoms with van der Waals surface area (Å²) in [5.74, 6) is 0.541. The van der Waals surface area contributed by atoms with Gasteiger partial charge in [0.05, 0.1) is 16.1 Å². The molecule has 94 valence electrons. The lowest BCUT2D eigenvalue weighted by atomic mass is 9.91. The van der Waals surface area contributed by atoms with Crippen molar-refractivity contribution in [3.63, 3.8) is 0 Å². The van der Waals surface area contributed by atoms with Crippen molar-refractivity contribution in [3.8, 4) is 0 Å². The fraction of sp³-hybridized carbons (Fsp3) is 0.538. The van der Waals surface area contributed by atoms with Crippen molar-refractivity contribution in [1.82, 2.24) is 5.32 Å². The van der Waals surface area contributed by atoms with Gasteiger partial charge in [-0.3, -0.25) is 0 Å². The van der Waals surface area contributed by atoms with E-state index in [1.54, 1.807) is 0 Å². The molecule has 0 unspecified atom stereocenters. The van der Waals surface area contributed by atoms with E-state index in [9.17, 15) is 0 Å². The number of halogens is 2. The van der Waals surface area contributed by atoms with Crippen LogP contribution in [0, 0.1) is 5.92 Å². The molecule has 0 radical (unpaired) electrons. The summed E-state index contributed by atoms with van der Waals surface area (Å²) in [5, 5.41) is 4.47. The van der Waals surface area contributed by atoms with E-state index in [4.69, 9.17) is 27.9 Å². The summed E-state index contributed by atoms with van der Waals surface area (Å²) in [6.45, 7) is 4.91. The third-order valence-electron chi connectivity index (χ3n) is 3.01. The van der Waals surface area contributed by atoms with Crippen LogP contribution in [0.3, 0.4) is 0 Å². The molecule has 1 heterocycles. The van der Waals surface area contributed by atoms with Gasteiger partial charge in [0.25, 0.3) is 0 Å². The average Bonchev–Trinajstić information content (AvgIpc) is 2.25. The molecule has 2 rings (SSSR count). The van der Waals surface area contributed by atoms with Gasteiger partial charge >= 0.3 is 0 Å². The summed E-state index contributed by atoms with van der Waals surface area (Å²) in [6, 6.07) is 5.77. The highest BCUT2D eigenvalue weighted by molar-refractivity contribution is 6.42. The summed E-state index contributed by atoms with van der Waals surface area (Å²) in [4.78, 5) is 0. The third kappa shape index (κ3) is 3.14. The van der Waals surface area contributed by atoms with E-state index in [-0.39, 0.29) is 6.10 Å². The van der Waals surface area contributed by atoms with Crippen molar-refractivity contribution in [2.24, 2.45) is 5.92 Å². The smallest absolute Gasteiger partial charge is 0.0877 e. The van der Waals surface area contributed by atoms with Crippen LogP contribution in [0.1, 0.15) is 25.0 Å². The summed E-state index contributed by atoms with van der Waals surface area (Å²) < 4.78 is 5.93. The van der Waals surface area contributed by atoms with Crippen molar-refractivity contribution in [2.75, 3.05) is 19.7 Å². The van der Waals surface area contributed by atoms with Crippen LogP contribution in [-0.2, 0) is 4.74 Å². The second kappa shape index (κ2) is 6.05. The standard InChI is InChI=1S/C13H17Cl2NO/c1-2-5-17-13(10-7-16-8-10)9-3-4-11(14)12(15)6-9/h3-4,6,10,13,16H,2,5,7-8H2,1H3/t13-/m1/s1. The Balaban J connectivity index is 2.15. The van der Waals surface area contributed by atoms with Crippen molar-refractivity contribution >= 4 is 23.2 Å². The van der Waals surface area contributed by atoms with Gasteiger partial charge in [0, 0.05) is 25.6 Å². The van der Waals surface area contributed by atoms with E-state index < -0.39 is 0 Å². The molecule has 0 spiro atoms. The van der Waals surface area contributed by atoms with Crippen molar-refractivity contribution in [3.05, 3.63) is 33.8 Å². The Bertz CT molecular complexity index is 380. The summed E-state index contributed by atoms with van der Waals surface area (Å²) in [7, 11) is 0. The first kappa shape index (κ1) is 13.2. The molecule has 0 amide bonds. The zero-order valence-corrected chi connectivity index (χ0v) is 11.4. The zero-order chi connectivity index (χ0) is 12.3. The van der Waals surface area contributed by atoms with Crippen LogP contribution in [0.2, 0.25) is 10.0 Å². The Morgan fingerprint density at radius 1 is 1.35 bits per heavy atom. The normalized spacial score (nSPS) is 17.8. The molecule has 0 bridgehead atoms. The molecule has 2 nitrogen and oxygen atoms in total. The Labute approximate surface area is 112 Å². The molecule has 1 atom stereocenters. The summed E-state index contributed by atoms with van der Waals surface area (Å²) in [5.41, 5.74) is 1.12. The van der Waals surface area contributed by atoms with Crippen LogP contribution in [0.5, 0.6) is 0 Å². The first-order valence-corrected chi connectivity index (χ1v) is 6.75. The minimum atomic E-state index is 0.131. The number of nitrogens with one attached hydrogen (secondary N) is 1. The third-order valence-corrected chi connectivity index (χ3v) is 3.75. The molecule has 1 aromatic carbocycles. The summed E-state index contributed by atoms with van der Waals surface area (Å²) >= 11 is 12.0. The Hall–Kier alpha value is -0.280. The molecular weight excluding hydrogens is 257 g/mol. The SMILES string of the molecule is CCCO[C@H](c1ccc(Cl)c(Cl)c1)C1CNC1. The minimum absolute atomic E-state index is 0.131. The minimum Gasteiger partial charge on any atom is -0.373 e. The van der Waals surface area contributed by atoms with E-state index in [2.05, 4.69) is 12.2 Å². The van der Waals surface area contributed by atoms with E-state index >= 15 is 0 Å². The quantitative estimate of drug-likeness (QED) is 0.884. The van der Waals surface area contributed by atoms with Gasteiger partial charge in [-0.25, -0.2) is 0 Å². The Morgan fingerprint density at radius 2 is 2.12 bits per heavy atom. The number of hydrogen-bond acceptors (Lipinski definition) is 2. The zero-order valence-electron chi connectivity index (χ0n) is 9.88. The Kier molecular flexibility index (Phi) is 4.69. The first-order valence-electron chi connectivity index (χ1n) is 5.99. The molecule has 1 saturated heterocycles. The predicted octanol–water partition coefficient (Wildman–Crippen LogP) is 3.68. The average molecular weight is 274 g/mol. The van der Waals surface area contributed by atoms with Crippen molar-refractivity contribution in [1.29, 1.82) is 0 Å². The van der Waals surface area contributed by atoms with E-state index in [1.165, 1.54) is 0 Å². The van der Waals surface area contributed by atoms with E-state index in [0.29, 0.717) is 16.0 Å². The molecule has 4 heteroatoms. The molecule has 1 fully saturated rings. The molecule has 0 aliphatic carbocycles. The van der Waals surface area contributed by atoms with E-state index in [0.717, 1.165) is 31.7 Å². The predicted molar refractivity (Wildman–Crippen MR) is 71.8 cm³/mol. The van der Waals surface area contributed by atoms with Gasteiger partial charge in [-0.15, -0.1) is 0 Å². The molecule has 0 saturated carbocycles. The second-order valence-corrected chi connectivity index (χ2v) is 5.20. The molecule has 1 aromatic rings. The van der Waals surface area contributed by atoms with Gasteiger partial charge < -0.3 is 10.1 Å². The monoisotopic (exact) mass is 273 g/mol. The lowest BCUT2D eigenvalue weighted by molar-refractivity contribution is -0.00610. The molecule has 1 aliphatic heterocycles. The van der Waals surface area contributed by atoms with Gasteiger partial charge in [-0.05, 0) is 24.1 Å². The molecule has 1 N–H and O–H groups in total. The fourth-order valence-corrected chi connectivity index (χ4v) is 2.27. The fourth-order valence-electron chi connectivity index (χ4n) is 1.96. The molecular formula is C13H17Cl2NO. The lowest BCUT2D eigenvalue weighted by Crippen LogP contribution is -2.46. The highest BCUT2D eigenvalue weighted by atomic mass is 35.5. The molecule has 0 aromatic heterocycles. The largest absolute Gasteiger partial charge is 0.373 e. The topological polar surface area (TPSA) is 21.3 Å². The van der Waals surface area contributed by atoms with Gasteiger partial charge in [0.15, 0.2) is 0 Å². The van der Waals surface area contributed by atoms with Crippen LogP contribution in [-0.4, -0.2) is 19.7 Å². The van der Waals surface area contributed by atoms with Crippen LogP contribution < -0.4 is 5.32 Å². The molecule has 1 aliphatic rings. The van der Waals surface area contributed by atoms with Gasteiger partial charge in [-0.2, -0.15) is 0 Å². The summed E-state index contributed by atoms with van der Waals surface area (Å²) in [6.07, 6.45) is 1.16. The number of ether oxygens (including phenoxy) is 1. The number of hydrogen-bond donors (Lipinski definition) is 1. The van der Waals surface area contributed by atoms with Gasteiger partial charge in [0.2, 0.25) is 0 Å². The maximum Gasteiger partial charge on any atom is 0.0877 e. The Morgan fingerprint density at radius 3 is 2.65 bits per heavy atom. The van der Waals surface area contributed by atoms with Gasteiger partial charge in [-0.1, -0.05) is 36.2 Å². The van der Waals surface area contributed by atoms with Crippen LogP contribution in [0.4, 0.5) is 0 Å². The first-order chi connectivity index (χ1) is 8.22. The lowest BCUT2D eigenvalue weighted by Gasteiger charge is -2.35. The van der Waals surface area contributed by atoms with Crippen LogP contribution in [0.15, 0.2) is 18.2 Å².